The number of ether oxygens (including phenoxy) is 1. The standard InChI is InChI=1S/C64H113N11O13/c1-26-29-30-41(14)53(77)52-57(81)67-44(27-2)59(83)69(19)35-49(76)70(20)48(34-64(17,18)88-28-3)56(80)68-50(39(10)11)62(86)71(21)45(31-36(4)5)55(79)65-42(15)54(78)66-43(16)58(82)72(22)46(32-37(6)7)60(84)73(23)47(33-38(8)9)61(85)74(24)51(40(12)13)63(87)75(52)25/h26,29,36-48,50-52H,27-28,30-35H2,1-25H3,(H,65,79)(H,66,78)(H,67,81)(H,68,80)/b29-26+/t41-,42+,43-,44+,45+,46+,47+,48+,50+,51+,52+/m1/s1. The van der Waals surface area contributed by atoms with Crippen LogP contribution in [0.3, 0.4) is 0 Å². The molecule has 0 radical (unpaired) electrons. The fraction of sp³-hybridized carbons (Fsp3) is 0.781. The summed E-state index contributed by atoms with van der Waals surface area (Å²) in [6, 6.07) is -13.0. The Hall–Kier alpha value is -6.46. The van der Waals surface area contributed by atoms with Gasteiger partial charge in [0.05, 0.1) is 12.1 Å². The number of carbonyl (C=O) groups is 12. The molecule has 4 N–H and O–H groups in total. The topological polar surface area (TPSA) is 285 Å². The molecule has 0 aromatic rings. The summed E-state index contributed by atoms with van der Waals surface area (Å²) in [4.78, 5) is 184. The van der Waals surface area contributed by atoms with Crippen LogP contribution in [0.4, 0.5) is 0 Å². The highest BCUT2D eigenvalue weighted by atomic mass is 16.5. The minimum Gasteiger partial charge on any atom is -0.376 e. The van der Waals surface area contributed by atoms with Crippen LogP contribution in [-0.4, -0.2) is 234 Å². The summed E-state index contributed by atoms with van der Waals surface area (Å²) in [6.45, 7) is 30.7. The van der Waals surface area contributed by atoms with Crippen LogP contribution in [0.25, 0.3) is 0 Å². The molecule has 1 aliphatic heterocycles. The van der Waals surface area contributed by atoms with Gasteiger partial charge in [0.25, 0.3) is 5.91 Å². The minimum atomic E-state index is -1.82. The van der Waals surface area contributed by atoms with E-state index in [9.17, 15) is 47.9 Å². The number of amides is 11. The Labute approximate surface area is 526 Å². The minimum absolute atomic E-state index is 0.0255. The molecule has 1 fully saturated rings. The van der Waals surface area contributed by atoms with Crippen LogP contribution >= 0.6 is 0 Å². The zero-order valence-electron chi connectivity index (χ0n) is 58.0. The Balaban J connectivity index is 4.40. The molecule has 11 amide bonds. The van der Waals surface area contributed by atoms with Crippen molar-refractivity contribution in [2.45, 2.75) is 229 Å². The quantitative estimate of drug-likeness (QED) is 0.120. The number of nitrogens with one attached hydrogen (secondary N) is 4. The summed E-state index contributed by atoms with van der Waals surface area (Å²) in [5.41, 5.74) is -1.01. The number of ketones is 1. The third-order valence-electron chi connectivity index (χ3n) is 16.4. The number of Topliss-reactive ketones (excluding diaryl/α,β-unsaturated/α-hetero) is 1. The van der Waals surface area contributed by atoms with Crippen molar-refractivity contribution in [1.82, 2.24) is 55.6 Å². The van der Waals surface area contributed by atoms with E-state index in [1.165, 1.54) is 82.8 Å². The van der Waals surface area contributed by atoms with Crippen molar-refractivity contribution >= 4 is 70.8 Å². The first kappa shape index (κ1) is 79.6. The van der Waals surface area contributed by atoms with E-state index < -0.39 is 161 Å². The van der Waals surface area contributed by atoms with Gasteiger partial charge in [0.1, 0.15) is 54.4 Å². The number of hydrogen-bond donors (Lipinski definition) is 4. The Morgan fingerprint density at radius 1 is 0.534 bits per heavy atom. The summed E-state index contributed by atoms with van der Waals surface area (Å²) in [5, 5.41) is 10.9. The molecule has 1 aliphatic rings. The van der Waals surface area contributed by atoms with E-state index in [0.717, 1.165) is 14.7 Å². The monoisotopic (exact) mass is 1240 g/mol. The maximum Gasteiger partial charge on any atom is 0.251 e. The first-order valence-electron chi connectivity index (χ1n) is 31.4. The zero-order valence-corrected chi connectivity index (χ0v) is 58.0. The van der Waals surface area contributed by atoms with Crippen molar-refractivity contribution in [2.24, 2.45) is 35.5 Å². The van der Waals surface area contributed by atoms with Gasteiger partial charge >= 0.3 is 0 Å². The fourth-order valence-electron chi connectivity index (χ4n) is 11.0. The molecule has 11 atom stereocenters. The van der Waals surface area contributed by atoms with Gasteiger partial charge in [-0.05, 0) is 103 Å². The van der Waals surface area contributed by atoms with Crippen molar-refractivity contribution in [3.63, 3.8) is 0 Å². The fourth-order valence-corrected chi connectivity index (χ4v) is 11.0. The predicted molar refractivity (Wildman–Crippen MR) is 338 cm³/mol. The highest BCUT2D eigenvalue weighted by molar-refractivity contribution is 6.10. The Kier molecular flexibility index (Phi) is 32.2. The number of carbonyl (C=O) groups excluding carboxylic acids is 12. The van der Waals surface area contributed by atoms with E-state index in [1.54, 1.807) is 81.4 Å². The molecule has 88 heavy (non-hydrogen) atoms. The second-order valence-corrected chi connectivity index (χ2v) is 26.7. The van der Waals surface area contributed by atoms with Gasteiger partial charge in [0, 0.05) is 68.3 Å². The molecule has 0 bridgehead atoms. The van der Waals surface area contributed by atoms with Gasteiger partial charge in [-0.3, -0.25) is 57.5 Å². The SMILES string of the molecule is C/C=C/C[C@@H](C)C(=O)[C@H]1C(=O)N[C@@H](CC)C(=O)N(C)CC(=O)N(C)[C@@H](CC(C)(C)OCC)C(=O)N[C@@H](C(C)C)C(=O)N(C)[C@@H](CC(C)C)C(=O)N[C@@H](C)C(=O)N[C@H](C)C(=O)N(C)[C@@H](CC(C)C)C(=O)N(C)[C@@H](CC(C)C)C(=O)N(C)[C@@H](C(C)C)C(=O)N1C. The van der Waals surface area contributed by atoms with Gasteiger partial charge in [-0.25, -0.2) is 0 Å². The highest BCUT2D eigenvalue weighted by Gasteiger charge is 2.46. The van der Waals surface area contributed by atoms with Gasteiger partial charge in [0.15, 0.2) is 11.8 Å². The lowest BCUT2D eigenvalue weighted by atomic mass is 9.92. The second-order valence-electron chi connectivity index (χ2n) is 26.7. The molecule has 1 saturated heterocycles. The average Bonchev–Trinajstić information content (AvgIpc) is 1.57. The van der Waals surface area contributed by atoms with Crippen LogP contribution in [0.2, 0.25) is 0 Å². The molecule has 0 unspecified atom stereocenters. The van der Waals surface area contributed by atoms with E-state index in [2.05, 4.69) is 21.3 Å². The number of allylic oxidation sites excluding steroid dienone is 2. The number of likely N-dealkylation sites (N-methyl/N-ethyl adjacent to an activating group) is 7. The molecular weight excluding hydrogens is 1130 g/mol. The van der Waals surface area contributed by atoms with Gasteiger partial charge in [0.2, 0.25) is 59.1 Å². The molecule has 502 valence electrons. The molecule has 0 spiro atoms. The van der Waals surface area contributed by atoms with Crippen LogP contribution in [0, 0.1) is 35.5 Å². The van der Waals surface area contributed by atoms with Crippen molar-refractivity contribution in [3.05, 3.63) is 12.2 Å². The molecule has 0 aromatic carbocycles. The first-order chi connectivity index (χ1) is 40.6. The molecule has 1 rings (SSSR count). The van der Waals surface area contributed by atoms with Crippen LogP contribution in [0.15, 0.2) is 12.2 Å². The largest absolute Gasteiger partial charge is 0.376 e. The molecule has 24 nitrogen and oxygen atoms in total. The van der Waals surface area contributed by atoms with Gasteiger partial charge < -0.3 is 60.3 Å². The highest BCUT2D eigenvalue weighted by Crippen LogP contribution is 2.26. The lowest BCUT2D eigenvalue weighted by molar-refractivity contribution is -0.157. The van der Waals surface area contributed by atoms with E-state index in [1.807, 2.05) is 41.5 Å². The van der Waals surface area contributed by atoms with Gasteiger partial charge in [-0.15, -0.1) is 0 Å². The Bertz CT molecular complexity index is 2460. The van der Waals surface area contributed by atoms with E-state index >= 15 is 9.59 Å². The first-order valence-corrected chi connectivity index (χ1v) is 31.4. The summed E-state index contributed by atoms with van der Waals surface area (Å²) in [5.74, 6) is -11.1. The molecule has 1 heterocycles. The average molecular weight is 1240 g/mol. The molecule has 24 heteroatoms. The van der Waals surface area contributed by atoms with E-state index in [0.29, 0.717) is 0 Å². The van der Waals surface area contributed by atoms with Gasteiger partial charge in [-0.2, -0.15) is 0 Å². The Morgan fingerprint density at radius 2 is 1.00 bits per heavy atom. The zero-order chi connectivity index (χ0) is 68.3. The van der Waals surface area contributed by atoms with Crippen LogP contribution in [-0.2, 0) is 62.3 Å². The maximum atomic E-state index is 15.1. The van der Waals surface area contributed by atoms with Crippen LogP contribution < -0.4 is 21.3 Å². The molecule has 0 aliphatic carbocycles. The lowest BCUT2D eigenvalue weighted by Gasteiger charge is -2.40. The summed E-state index contributed by atoms with van der Waals surface area (Å²) in [7, 11) is 9.72. The third kappa shape index (κ3) is 22.2. The van der Waals surface area contributed by atoms with Gasteiger partial charge in [-0.1, -0.05) is 95.2 Å². The second kappa shape index (κ2) is 35.7. The van der Waals surface area contributed by atoms with E-state index in [-0.39, 0.29) is 62.9 Å². The molecule has 0 aromatic heterocycles. The number of rotatable bonds is 17. The lowest BCUT2D eigenvalue weighted by Crippen LogP contribution is -2.63. The molecule has 0 saturated carbocycles. The van der Waals surface area contributed by atoms with Crippen molar-refractivity contribution in [3.8, 4) is 0 Å². The normalized spacial score (nSPS) is 26.1. The smallest absolute Gasteiger partial charge is 0.251 e. The van der Waals surface area contributed by atoms with Crippen LogP contribution in [0.5, 0.6) is 0 Å². The van der Waals surface area contributed by atoms with Crippen molar-refractivity contribution in [2.75, 3.05) is 62.5 Å². The van der Waals surface area contributed by atoms with Crippen LogP contribution in [0.1, 0.15) is 163 Å². The Morgan fingerprint density at radius 3 is 1.47 bits per heavy atom. The van der Waals surface area contributed by atoms with Crippen molar-refractivity contribution < 1.29 is 62.3 Å². The van der Waals surface area contributed by atoms with Crippen molar-refractivity contribution in [1.29, 1.82) is 0 Å². The number of nitrogens with zero attached hydrogens (tertiary/aromatic N) is 7. The molecular formula is C64H113N11O13. The summed E-state index contributed by atoms with van der Waals surface area (Å²) >= 11 is 0. The third-order valence-corrected chi connectivity index (χ3v) is 16.4. The number of hydrogen-bond acceptors (Lipinski definition) is 13. The maximum absolute atomic E-state index is 15.1. The summed E-state index contributed by atoms with van der Waals surface area (Å²) in [6.07, 6.45) is 3.99. The van der Waals surface area contributed by atoms with E-state index in [4.69, 9.17) is 4.74 Å². The predicted octanol–water partition coefficient (Wildman–Crippen LogP) is 3.64. The summed E-state index contributed by atoms with van der Waals surface area (Å²) < 4.78 is 6.00.